The fourth-order valence-electron chi connectivity index (χ4n) is 1.97. The lowest BCUT2D eigenvalue weighted by atomic mass is 10.2. The fraction of sp³-hybridized carbons (Fsp3) is 0.188. The van der Waals surface area contributed by atoms with E-state index in [1.165, 1.54) is 18.2 Å². The van der Waals surface area contributed by atoms with Gasteiger partial charge in [-0.15, -0.1) is 0 Å². The molecule has 126 valence electrons. The first-order chi connectivity index (χ1) is 11.5. The number of hydrogen-bond donors (Lipinski definition) is 1. The zero-order chi connectivity index (χ0) is 17.5. The molecule has 0 saturated heterocycles. The average molecular weight is 395 g/mol. The number of non-ortho nitro benzene ring substituents is 1. The van der Waals surface area contributed by atoms with Gasteiger partial charge in [0.2, 0.25) is 0 Å². The number of rotatable bonds is 7. The molecular formula is C16H15BrN2O5. The summed E-state index contributed by atoms with van der Waals surface area (Å²) in [4.78, 5) is 22.0. The van der Waals surface area contributed by atoms with Crippen LogP contribution in [-0.4, -0.2) is 24.5 Å². The zero-order valence-corrected chi connectivity index (χ0v) is 14.4. The fourth-order valence-corrected chi connectivity index (χ4v) is 2.37. The topological polar surface area (TPSA) is 90.7 Å². The molecule has 0 heterocycles. The number of nitro benzene ring substituents is 1. The van der Waals surface area contributed by atoms with Gasteiger partial charge in [-0.25, -0.2) is 0 Å². The minimum atomic E-state index is -0.521. The van der Waals surface area contributed by atoms with Gasteiger partial charge in [0.25, 0.3) is 11.6 Å². The third kappa shape index (κ3) is 4.95. The van der Waals surface area contributed by atoms with E-state index in [4.69, 9.17) is 9.47 Å². The van der Waals surface area contributed by atoms with Crippen LogP contribution < -0.4 is 14.8 Å². The maximum Gasteiger partial charge on any atom is 0.273 e. The number of halogens is 1. The molecule has 1 N–H and O–H groups in total. The third-order valence-corrected chi connectivity index (χ3v) is 3.61. The van der Waals surface area contributed by atoms with Gasteiger partial charge in [-0.05, 0) is 24.3 Å². The number of hydrogen-bond acceptors (Lipinski definition) is 5. The lowest BCUT2D eigenvalue weighted by Gasteiger charge is -2.11. The molecule has 0 spiro atoms. The molecule has 7 nitrogen and oxygen atoms in total. The largest absolute Gasteiger partial charge is 0.496 e. The lowest BCUT2D eigenvalue weighted by Crippen LogP contribution is -2.28. The number of nitrogens with zero attached hydrogens (tertiary/aromatic N) is 1. The molecule has 0 aliphatic carbocycles. The van der Waals surface area contributed by atoms with Gasteiger partial charge in [0.1, 0.15) is 11.5 Å². The van der Waals surface area contributed by atoms with Gasteiger partial charge in [-0.2, -0.15) is 0 Å². The Morgan fingerprint density at radius 3 is 2.79 bits per heavy atom. The molecule has 2 aromatic carbocycles. The molecule has 0 aliphatic heterocycles. The van der Waals surface area contributed by atoms with Crippen molar-refractivity contribution >= 4 is 27.5 Å². The predicted octanol–water partition coefficient (Wildman–Crippen LogP) is 3.06. The maximum absolute atomic E-state index is 11.9. The van der Waals surface area contributed by atoms with Crippen LogP contribution in [-0.2, 0) is 11.3 Å². The van der Waals surface area contributed by atoms with Crippen molar-refractivity contribution < 1.29 is 19.2 Å². The first-order valence-electron chi connectivity index (χ1n) is 6.96. The van der Waals surface area contributed by atoms with E-state index < -0.39 is 4.92 Å². The SMILES string of the molecule is COc1ccc(Br)cc1CNC(=O)COc1cccc([N+](=O)[O-])c1. The summed E-state index contributed by atoms with van der Waals surface area (Å²) in [5, 5.41) is 13.4. The Labute approximate surface area is 146 Å². The molecular weight excluding hydrogens is 380 g/mol. The Kier molecular flexibility index (Phi) is 6.14. The molecule has 1 amide bonds. The monoisotopic (exact) mass is 394 g/mol. The number of carbonyl (C=O) groups excluding carboxylic acids is 1. The quantitative estimate of drug-likeness (QED) is 0.575. The molecule has 0 saturated carbocycles. The molecule has 0 aliphatic rings. The maximum atomic E-state index is 11.9. The van der Waals surface area contributed by atoms with Gasteiger partial charge in [0.15, 0.2) is 6.61 Å². The van der Waals surface area contributed by atoms with Crippen molar-refractivity contribution in [2.75, 3.05) is 13.7 Å². The van der Waals surface area contributed by atoms with E-state index in [9.17, 15) is 14.9 Å². The van der Waals surface area contributed by atoms with E-state index in [1.54, 1.807) is 19.2 Å². The van der Waals surface area contributed by atoms with Crippen molar-refractivity contribution in [3.63, 3.8) is 0 Å². The highest BCUT2D eigenvalue weighted by atomic mass is 79.9. The average Bonchev–Trinajstić information content (AvgIpc) is 2.58. The van der Waals surface area contributed by atoms with Gasteiger partial charge in [-0.3, -0.25) is 14.9 Å². The number of carbonyl (C=O) groups is 1. The number of methoxy groups -OCH3 is 1. The molecule has 2 rings (SSSR count). The molecule has 2 aromatic rings. The van der Waals surface area contributed by atoms with Crippen LogP contribution in [0.1, 0.15) is 5.56 Å². The second kappa shape index (κ2) is 8.30. The van der Waals surface area contributed by atoms with Crippen molar-refractivity contribution in [3.8, 4) is 11.5 Å². The number of benzene rings is 2. The summed E-state index contributed by atoms with van der Waals surface area (Å²) >= 11 is 3.36. The summed E-state index contributed by atoms with van der Waals surface area (Å²) in [6, 6.07) is 11.2. The van der Waals surface area contributed by atoms with E-state index in [0.717, 1.165) is 10.0 Å². The van der Waals surface area contributed by atoms with E-state index >= 15 is 0 Å². The second-order valence-corrected chi connectivity index (χ2v) is 5.69. The van der Waals surface area contributed by atoms with E-state index in [-0.39, 0.29) is 30.5 Å². The van der Waals surface area contributed by atoms with Crippen molar-refractivity contribution in [2.24, 2.45) is 0 Å². The highest BCUT2D eigenvalue weighted by molar-refractivity contribution is 9.10. The molecule has 24 heavy (non-hydrogen) atoms. The van der Waals surface area contributed by atoms with Gasteiger partial charge in [-0.1, -0.05) is 22.0 Å². The van der Waals surface area contributed by atoms with Crippen molar-refractivity contribution in [1.29, 1.82) is 0 Å². The summed E-state index contributed by atoms with van der Waals surface area (Å²) in [6.45, 7) is 0.0389. The van der Waals surface area contributed by atoms with Gasteiger partial charge < -0.3 is 14.8 Å². The molecule has 8 heteroatoms. The number of nitro groups is 1. The van der Waals surface area contributed by atoms with Crippen LogP contribution in [0, 0.1) is 10.1 Å². The minimum absolute atomic E-state index is 0.0909. The van der Waals surface area contributed by atoms with Gasteiger partial charge >= 0.3 is 0 Å². The van der Waals surface area contributed by atoms with Crippen molar-refractivity contribution in [1.82, 2.24) is 5.32 Å². The van der Waals surface area contributed by atoms with E-state index in [1.807, 2.05) is 12.1 Å². The van der Waals surface area contributed by atoms with Crippen molar-refractivity contribution in [3.05, 3.63) is 62.6 Å². The Bertz CT molecular complexity index is 751. The van der Waals surface area contributed by atoms with Crippen LogP contribution >= 0.6 is 15.9 Å². The van der Waals surface area contributed by atoms with Crippen LogP contribution in [0.5, 0.6) is 11.5 Å². The van der Waals surface area contributed by atoms with Gasteiger partial charge in [0, 0.05) is 22.6 Å². The first-order valence-corrected chi connectivity index (χ1v) is 7.75. The molecule has 0 fully saturated rings. The number of amides is 1. The summed E-state index contributed by atoms with van der Waals surface area (Å²) in [5.41, 5.74) is 0.724. The standard InChI is InChI=1S/C16H15BrN2O5/c1-23-15-6-5-12(17)7-11(15)9-18-16(20)10-24-14-4-2-3-13(8-14)19(21)22/h2-8H,9-10H2,1H3,(H,18,20). The summed E-state index contributed by atoms with van der Waals surface area (Å²) in [6.07, 6.45) is 0. The van der Waals surface area contributed by atoms with Crippen LogP contribution in [0.25, 0.3) is 0 Å². The Morgan fingerprint density at radius 1 is 1.29 bits per heavy atom. The van der Waals surface area contributed by atoms with Crippen molar-refractivity contribution in [2.45, 2.75) is 6.54 Å². The Hall–Kier alpha value is -2.61. The lowest BCUT2D eigenvalue weighted by molar-refractivity contribution is -0.384. The van der Waals surface area contributed by atoms with Gasteiger partial charge in [0.05, 0.1) is 18.1 Å². The highest BCUT2D eigenvalue weighted by Crippen LogP contribution is 2.23. The zero-order valence-electron chi connectivity index (χ0n) is 12.8. The van der Waals surface area contributed by atoms with Crippen LogP contribution in [0.3, 0.4) is 0 Å². The predicted molar refractivity (Wildman–Crippen MR) is 91.1 cm³/mol. The second-order valence-electron chi connectivity index (χ2n) is 4.78. The molecule has 0 bridgehead atoms. The first kappa shape index (κ1) is 17.7. The summed E-state index contributed by atoms with van der Waals surface area (Å²) in [5.74, 6) is 0.584. The van der Waals surface area contributed by atoms with Crippen LogP contribution in [0.4, 0.5) is 5.69 Å². The highest BCUT2D eigenvalue weighted by Gasteiger charge is 2.09. The number of nitrogens with one attached hydrogen (secondary N) is 1. The smallest absolute Gasteiger partial charge is 0.273 e. The third-order valence-electron chi connectivity index (χ3n) is 3.12. The normalized spacial score (nSPS) is 10.1. The summed E-state index contributed by atoms with van der Waals surface area (Å²) < 4.78 is 11.4. The Morgan fingerprint density at radius 2 is 2.08 bits per heavy atom. The van der Waals surface area contributed by atoms with E-state index in [0.29, 0.717) is 5.75 Å². The Balaban J connectivity index is 1.89. The van der Waals surface area contributed by atoms with Crippen LogP contribution in [0.15, 0.2) is 46.9 Å². The molecule has 0 radical (unpaired) electrons. The molecule has 0 unspecified atom stereocenters. The summed E-state index contributed by atoms with van der Waals surface area (Å²) in [7, 11) is 1.56. The molecule has 0 aromatic heterocycles. The number of ether oxygens (including phenoxy) is 2. The molecule has 0 atom stereocenters. The van der Waals surface area contributed by atoms with E-state index in [2.05, 4.69) is 21.2 Å². The van der Waals surface area contributed by atoms with Crippen LogP contribution in [0.2, 0.25) is 0 Å². The minimum Gasteiger partial charge on any atom is -0.496 e.